The Labute approximate surface area is 210 Å². The van der Waals surface area contributed by atoms with E-state index in [1.807, 2.05) is 23.1 Å². The minimum absolute atomic E-state index is 0.0383. The number of anilines is 1. The molecule has 5 rings (SSSR count). The third-order valence-electron chi connectivity index (χ3n) is 7.55. The van der Waals surface area contributed by atoms with Gasteiger partial charge in [0.25, 0.3) is 5.69 Å². The van der Waals surface area contributed by atoms with Crippen LogP contribution in [-0.4, -0.2) is 83.4 Å². The first-order valence-corrected chi connectivity index (χ1v) is 12.7. The topological polar surface area (TPSA) is 112 Å². The number of nitrogens with zero attached hydrogens (tertiary/aromatic N) is 5. The van der Waals surface area contributed by atoms with Gasteiger partial charge in [0.05, 0.1) is 23.4 Å². The van der Waals surface area contributed by atoms with E-state index < -0.39 is 4.92 Å². The highest BCUT2D eigenvalue weighted by molar-refractivity contribution is 5.82. The lowest BCUT2D eigenvalue weighted by atomic mass is 9.83. The number of fused-ring (bicyclic) bond motifs is 3. The Balaban J connectivity index is 1.32. The van der Waals surface area contributed by atoms with Gasteiger partial charge in [0, 0.05) is 75.4 Å². The number of hydrogen-bond donors (Lipinski definition) is 1. The molecule has 0 bridgehead atoms. The molecule has 10 nitrogen and oxygen atoms in total. The van der Waals surface area contributed by atoms with Crippen LogP contribution < -0.4 is 10.2 Å². The number of nitro benzene ring substituents is 1. The van der Waals surface area contributed by atoms with Crippen molar-refractivity contribution in [2.45, 2.75) is 31.7 Å². The van der Waals surface area contributed by atoms with Crippen molar-refractivity contribution in [2.75, 3.05) is 50.7 Å². The van der Waals surface area contributed by atoms with Crippen molar-refractivity contribution >= 4 is 23.2 Å². The van der Waals surface area contributed by atoms with Gasteiger partial charge in [-0.2, -0.15) is 0 Å². The van der Waals surface area contributed by atoms with E-state index in [1.54, 1.807) is 18.3 Å². The van der Waals surface area contributed by atoms with E-state index in [0.717, 1.165) is 42.9 Å². The molecule has 2 saturated heterocycles. The number of piperazine rings is 1. The fraction of sp³-hybridized carbons (Fsp3) is 0.500. The zero-order chi connectivity index (χ0) is 25.1. The minimum atomic E-state index is -0.393. The molecule has 2 fully saturated rings. The number of aromatic nitrogens is 1. The zero-order valence-electron chi connectivity index (χ0n) is 20.3. The van der Waals surface area contributed by atoms with Crippen molar-refractivity contribution in [2.24, 2.45) is 5.92 Å². The highest BCUT2D eigenvalue weighted by Gasteiger charge is 2.42. The third kappa shape index (κ3) is 5.18. The Hall–Kier alpha value is -3.53. The van der Waals surface area contributed by atoms with Crippen molar-refractivity contribution in [3.05, 3.63) is 64.0 Å². The molecule has 2 aromatic rings. The molecule has 0 radical (unpaired) electrons. The normalized spacial score (nSPS) is 21.6. The first kappa shape index (κ1) is 24.2. The first-order chi connectivity index (χ1) is 17.5. The molecular weight excluding hydrogens is 460 g/mol. The number of rotatable bonds is 7. The van der Waals surface area contributed by atoms with Gasteiger partial charge in [-0.05, 0) is 43.0 Å². The van der Waals surface area contributed by atoms with E-state index in [-0.39, 0.29) is 29.5 Å². The number of benzene rings is 1. The zero-order valence-corrected chi connectivity index (χ0v) is 20.3. The highest BCUT2D eigenvalue weighted by Crippen LogP contribution is 2.38. The van der Waals surface area contributed by atoms with Crippen molar-refractivity contribution < 1.29 is 14.5 Å². The summed E-state index contributed by atoms with van der Waals surface area (Å²) in [5.74, 6) is -0.275. The average Bonchev–Trinajstić information content (AvgIpc) is 3.44. The van der Waals surface area contributed by atoms with Crippen LogP contribution in [-0.2, 0) is 22.4 Å². The molecule has 3 aliphatic heterocycles. The number of nitro groups is 1. The Bertz CT molecular complexity index is 1120. The van der Waals surface area contributed by atoms with Crippen LogP contribution in [0.1, 0.15) is 24.1 Å². The third-order valence-corrected chi connectivity index (χ3v) is 7.55. The summed E-state index contributed by atoms with van der Waals surface area (Å²) in [5, 5.41) is 14.4. The number of likely N-dealkylation sites (tertiary alicyclic amines) is 1. The Kier molecular flexibility index (Phi) is 7.13. The number of amides is 2. The lowest BCUT2D eigenvalue weighted by Crippen LogP contribution is -2.62. The molecule has 1 aromatic heterocycles. The molecule has 190 valence electrons. The quantitative estimate of drug-likeness (QED) is 0.462. The summed E-state index contributed by atoms with van der Waals surface area (Å²) >= 11 is 0. The molecule has 36 heavy (non-hydrogen) atoms. The van der Waals surface area contributed by atoms with Crippen molar-refractivity contribution in [3.8, 4) is 0 Å². The predicted octanol–water partition coefficient (Wildman–Crippen LogP) is 1.63. The lowest BCUT2D eigenvalue weighted by molar-refractivity contribution is -0.384. The number of hydrogen-bond acceptors (Lipinski definition) is 7. The molecular formula is C26H32N6O4. The summed E-state index contributed by atoms with van der Waals surface area (Å²) in [6.45, 7) is 4.48. The van der Waals surface area contributed by atoms with Crippen LogP contribution >= 0.6 is 0 Å². The SMILES string of the molecule is O=C(NCCc1ccccn1)C1Cc2cc([N+](=O)[O-])ccc2N2CCN(CC(=O)N3CCCC3)CC12. The molecule has 4 heterocycles. The van der Waals surface area contributed by atoms with Gasteiger partial charge in [0.1, 0.15) is 0 Å². The van der Waals surface area contributed by atoms with E-state index >= 15 is 0 Å². The maximum atomic E-state index is 13.4. The fourth-order valence-electron chi connectivity index (χ4n) is 5.67. The van der Waals surface area contributed by atoms with Gasteiger partial charge < -0.3 is 15.1 Å². The molecule has 3 aliphatic rings. The molecule has 0 aliphatic carbocycles. The van der Waals surface area contributed by atoms with Gasteiger partial charge in [-0.25, -0.2) is 0 Å². The average molecular weight is 493 g/mol. The maximum absolute atomic E-state index is 13.4. The first-order valence-electron chi connectivity index (χ1n) is 12.7. The number of carbonyl (C=O) groups excluding carboxylic acids is 2. The van der Waals surface area contributed by atoms with Crippen molar-refractivity contribution in [1.82, 2.24) is 20.1 Å². The van der Waals surface area contributed by atoms with Gasteiger partial charge in [-0.1, -0.05) is 6.07 Å². The van der Waals surface area contributed by atoms with Crippen LogP contribution in [0.4, 0.5) is 11.4 Å². The maximum Gasteiger partial charge on any atom is 0.269 e. The van der Waals surface area contributed by atoms with Crippen molar-refractivity contribution in [3.63, 3.8) is 0 Å². The van der Waals surface area contributed by atoms with Crippen LogP contribution in [0.15, 0.2) is 42.6 Å². The van der Waals surface area contributed by atoms with Crippen LogP contribution in [0.2, 0.25) is 0 Å². The molecule has 10 heteroatoms. The van der Waals surface area contributed by atoms with E-state index in [0.29, 0.717) is 45.6 Å². The standard InChI is InChI=1S/C26H32N6O4/c33-25(30-11-3-4-12-30)18-29-13-14-31-23-7-6-21(32(35)36)15-19(23)16-22(24(31)17-29)26(34)28-10-8-20-5-1-2-9-27-20/h1-2,5-7,9,15,22,24H,3-4,8,10-14,16-18H2,(H,28,34). The Morgan fingerprint density at radius 3 is 2.69 bits per heavy atom. The largest absolute Gasteiger partial charge is 0.365 e. The molecule has 2 unspecified atom stereocenters. The van der Waals surface area contributed by atoms with E-state index in [2.05, 4.69) is 20.1 Å². The Morgan fingerprint density at radius 2 is 1.94 bits per heavy atom. The van der Waals surface area contributed by atoms with E-state index in [4.69, 9.17) is 0 Å². The summed E-state index contributed by atoms with van der Waals surface area (Å²) < 4.78 is 0. The van der Waals surface area contributed by atoms with Gasteiger partial charge in [0.2, 0.25) is 11.8 Å². The minimum Gasteiger partial charge on any atom is -0.365 e. The summed E-state index contributed by atoms with van der Waals surface area (Å²) in [7, 11) is 0. The van der Waals surface area contributed by atoms with Gasteiger partial charge in [-0.15, -0.1) is 0 Å². The lowest BCUT2D eigenvalue weighted by Gasteiger charge is -2.49. The molecule has 0 spiro atoms. The monoisotopic (exact) mass is 492 g/mol. The molecule has 1 N–H and O–H groups in total. The summed E-state index contributed by atoms with van der Waals surface area (Å²) in [6.07, 6.45) is 4.92. The Morgan fingerprint density at radius 1 is 1.11 bits per heavy atom. The van der Waals surface area contributed by atoms with Crippen LogP contribution in [0.3, 0.4) is 0 Å². The molecule has 2 amide bonds. The van der Waals surface area contributed by atoms with E-state index in [9.17, 15) is 19.7 Å². The molecule has 2 atom stereocenters. The number of carbonyl (C=O) groups is 2. The smallest absolute Gasteiger partial charge is 0.269 e. The fourth-order valence-corrected chi connectivity index (χ4v) is 5.67. The second-order valence-electron chi connectivity index (χ2n) is 9.83. The van der Waals surface area contributed by atoms with Crippen LogP contribution in [0.5, 0.6) is 0 Å². The second-order valence-corrected chi connectivity index (χ2v) is 9.83. The van der Waals surface area contributed by atoms with Gasteiger partial charge >= 0.3 is 0 Å². The summed E-state index contributed by atoms with van der Waals surface area (Å²) in [5.41, 5.74) is 2.73. The van der Waals surface area contributed by atoms with Gasteiger partial charge in [-0.3, -0.25) is 29.6 Å². The van der Waals surface area contributed by atoms with Crippen LogP contribution in [0, 0.1) is 16.0 Å². The number of nitrogens with one attached hydrogen (secondary N) is 1. The summed E-state index contributed by atoms with van der Waals surface area (Å²) in [4.78, 5) is 47.8. The highest BCUT2D eigenvalue weighted by atomic mass is 16.6. The number of non-ortho nitro benzene ring substituents is 1. The number of pyridine rings is 1. The van der Waals surface area contributed by atoms with Crippen molar-refractivity contribution in [1.29, 1.82) is 0 Å². The summed E-state index contributed by atoms with van der Waals surface area (Å²) in [6, 6.07) is 10.6. The molecule has 0 saturated carbocycles. The second kappa shape index (κ2) is 10.6. The van der Waals surface area contributed by atoms with E-state index in [1.165, 1.54) is 6.07 Å². The van der Waals surface area contributed by atoms with Gasteiger partial charge in [0.15, 0.2) is 0 Å². The molecule has 1 aromatic carbocycles. The predicted molar refractivity (Wildman–Crippen MR) is 135 cm³/mol. The van der Waals surface area contributed by atoms with Crippen LogP contribution in [0.25, 0.3) is 0 Å².